The largest absolute Gasteiger partial charge is 0.495 e. The van der Waals surface area contributed by atoms with Crippen LogP contribution in [0, 0.1) is 6.92 Å². The third kappa shape index (κ3) is 7.72. The number of para-hydroxylation sites is 2. The van der Waals surface area contributed by atoms with Gasteiger partial charge in [-0.1, -0.05) is 72.9 Å². The fourth-order valence-electron chi connectivity index (χ4n) is 4.33. The normalized spacial score (nSPS) is 12.0. The van der Waals surface area contributed by atoms with Crippen LogP contribution in [0.15, 0.2) is 71.6 Å². The van der Waals surface area contributed by atoms with Gasteiger partial charge in [0.05, 0.1) is 17.7 Å². The van der Waals surface area contributed by atoms with Crippen molar-refractivity contribution < 1.29 is 22.7 Å². The second-order valence-electron chi connectivity index (χ2n) is 9.43. The number of halogens is 2. The van der Waals surface area contributed by atoms with Gasteiger partial charge >= 0.3 is 0 Å². The Morgan fingerprint density at radius 3 is 2.17 bits per heavy atom. The second-order valence-corrected chi connectivity index (χ2v) is 12.1. The van der Waals surface area contributed by atoms with Crippen LogP contribution < -0.4 is 14.4 Å². The summed E-state index contributed by atoms with van der Waals surface area (Å²) in [4.78, 5) is 28.7. The Morgan fingerprint density at radius 1 is 0.951 bits per heavy atom. The zero-order valence-corrected chi connectivity index (χ0v) is 25.9. The molecule has 3 rings (SSSR count). The third-order valence-electron chi connectivity index (χ3n) is 6.57. The van der Waals surface area contributed by atoms with Crippen LogP contribution in [0.1, 0.15) is 37.8 Å². The molecule has 0 saturated heterocycles. The Kier molecular flexibility index (Phi) is 11.5. The summed E-state index contributed by atoms with van der Waals surface area (Å²) in [5.41, 5.74) is 1.52. The first-order valence-corrected chi connectivity index (χ1v) is 15.5. The summed E-state index contributed by atoms with van der Waals surface area (Å²) in [6.07, 6.45) is 0.992. The third-order valence-corrected chi connectivity index (χ3v) is 9.05. The van der Waals surface area contributed by atoms with Crippen LogP contribution >= 0.6 is 23.2 Å². The van der Waals surface area contributed by atoms with E-state index in [0.717, 1.165) is 9.87 Å². The number of sulfonamides is 1. The first-order chi connectivity index (χ1) is 19.5. The van der Waals surface area contributed by atoms with Crippen molar-refractivity contribution in [2.75, 3.05) is 24.5 Å². The Morgan fingerprint density at radius 2 is 1.59 bits per heavy atom. The highest BCUT2D eigenvalue weighted by molar-refractivity contribution is 7.92. The average molecular weight is 621 g/mol. The van der Waals surface area contributed by atoms with Crippen molar-refractivity contribution >= 4 is 50.7 Å². The molecular formula is C30H35Cl2N3O5S. The number of hydrogen-bond donors (Lipinski definition) is 1. The summed E-state index contributed by atoms with van der Waals surface area (Å²) in [6.45, 7) is 5.29. The molecule has 0 aliphatic carbocycles. The van der Waals surface area contributed by atoms with E-state index in [1.54, 1.807) is 61.5 Å². The maximum Gasteiger partial charge on any atom is 0.264 e. The van der Waals surface area contributed by atoms with E-state index in [1.807, 2.05) is 13.8 Å². The van der Waals surface area contributed by atoms with E-state index in [4.69, 9.17) is 27.9 Å². The molecule has 0 aliphatic rings. The van der Waals surface area contributed by atoms with Crippen LogP contribution in [0.2, 0.25) is 10.0 Å². The van der Waals surface area contributed by atoms with E-state index in [2.05, 4.69) is 5.32 Å². The van der Waals surface area contributed by atoms with Crippen molar-refractivity contribution in [2.24, 2.45) is 0 Å². The van der Waals surface area contributed by atoms with Gasteiger partial charge in [-0.2, -0.15) is 0 Å². The van der Waals surface area contributed by atoms with Gasteiger partial charge in [0.15, 0.2) is 0 Å². The van der Waals surface area contributed by atoms with Gasteiger partial charge in [-0.05, 0) is 56.2 Å². The Bertz CT molecular complexity index is 1440. The monoisotopic (exact) mass is 619 g/mol. The topological polar surface area (TPSA) is 96.0 Å². The summed E-state index contributed by atoms with van der Waals surface area (Å²) >= 11 is 12.9. The molecule has 11 heteroatoms. The van der Waals surface area contributed by atoms with Crippen molar-refractivity contribution in [3.8, 4) is 5.75 Å². The zero-order chi connectivity index (χ0) is 30.2. The SMILES string of the molecule is CCCNC(=O)[C@H](CC)N(Cc1c(Cl)cccc1Cl)C(=O)CN(c1ccccc1OC)S(=O)(=O)c1ccc(C)cc1. The highest BCUT2D eigenvalue weighted by atomic mass is 35.5. The van der Waals surface area contributed by atoms with E-state index in [9.17, 15) is 18.0 Å². The van der Waals surface area contributed by atoms with Crippen LogP contribution in [0.3, 0.4) is 0 Å². The molecule has 220 valence electrons. The summed E-state index contributed by atoms with van der Waals surface area (Å²) in [5.74, 6) is -0.693. The average Bonchev–Trinajstić information content (AvgIpc) is 2.96. The lowest BCUT2D eigenvalue weighted by atomic mass is 10.1. The van der Waals surface area contributed by atoms with Gasteiger partial charge in [0.25, 0.3) is 10.0 Å². The predicted octanol–water partition coefficient (Wildman–Crippen LogP) is 5.84. The van der Waals surface area contributed by atoms with Gasteiger partial charge in [0.2, 0.25) is 11.8 Å². The summed E-state index contributed by atoms with van der Waals surface area (Å²) in [6, 6.07) is 17.0. The molecule has 0 heterocycles. The van der Waals surface area contributed by atoms with E-state index in [0.29, 0.717) is 28.6 Å². The van der Waals surface area contributed by atoms with Crippen LogP contribution in [-0.4, -0.2) is 51.4 Å². The summed E-state index contributed by atoms with van der Waals surface area (Å²) in [7, 11) is -2.81. The number of nitrogens with one attached hydrogen (secondary N) is 1. The molecule has 0 radical (unpaired) electrons. The maximum atomic E-state index is 14.2. The lowest BCUT2D eigenvalue weighted by Crippen LogP contribution is -2.52. The maximum absolute atomic E-state index is 14.2. The van der Waals surface area contributed by atoms with Crippen molar-refractivity contribution in [1.82, 2.24) is 10.2 Å². The van der Waals surface area contributed by atoms with E-state index < -0.39 is 28.5 Å². The highest BCUT2D eigenvalue weighted by Gasteiger charge is 2.35. The number of methoxy groups -OCH3 is 1. The second kappa shape index (κ2) is 14.6. The highest BCUT2D eigenvalue weighted by Crippen LogP contribution is 2.33. The first-order valence-electron chi connectivity index (χ1n) is 13.3. The van der Waals surface area contributed by atoms with Crippen molar-refractivity contribution in [2.45, 2.75) is 51.1 Å². The summed E-state index contributed by atoms with van der Waals surface area (Å²) in [5, 5.41) is 3.50. The van der Waals surface area contributed by atoms with Crippen molar-refractivity contribution in [1.29, 1.82) is 0 Å². The molecule has 1 atom stereocenters. The lowest BCUT2D eigenvalue weighted by Gasteiger charge is -2.33. The number of nitrogens with zero attached hydrogens (tertiary/aromatic N) is 2. The smallest absolute Gasteiger partial charge is 0.264 e. The van der Waals surface area contributed by atoms with Crippen LogP contribution in [0.4, 0.5) is 5.69 Å². The zero-order valence-electron chi connectivity index (χ0n) is 23.6. The number of carbonyl (C=O) groups excluding carboxylic acids is 2. The number of amides is 2. The number of anilines is 1. The first kappa shape index (κ1) is 32.2. The fraction of sp³-hybridized carbons (Fsp3) is 0.333. The molecule has 0 saturated carbocycles. The van der Waals surface area contributed by atoms with E-state index >= 15 is 0 Å². The molecule has 0 spiro atoms. The minimum atomic E-state index is -4.23. The number of ether oxygens (including phenoxy) is 1. The van der Waals surface area contributed by atoms with Crippen molar-refractivity contribution in [3.05, 3.63) is 87.9 Å². The predicted molar refractivity (Wildman–Crippen MR) is 163 cm³/mol. The number of hydrogen-bond acceptors (Lipinski definition) is 5. The molecule has 2 amide bonds. The van der Waals surface area contributed by atoms with Crippen molar-refractivity contribution in [3.63, 3.8) is 0 Å². The Balaban J connectivity index is 2.13. The molecule has 41 heavy (non-hydrogen) atoms. The summed E-state index contributed by atoms with van der Waals surface area (Å²) < 4.78 is 34.5. The van der Waals surface area contributed by atoms with Gasteiger partial charge in [-0.25, -0.2) is 8.42 Å². The van der Waals surface area contributed by atoms with Gasteiger partial charge in [0, 0.05) is 28.7 Å². The Labute approximate surface area is 252 Å². The molecule has 0 aromatic heterocycles. The van der Waals surface area contributed by atoms with Crippen LogP contribution in [-0.2, 0) is 26.2 Å². The number of aryl methyl sites for hydroxylation is 1. The fourth-order valence-corrected chi connectivity index (χ4v) is 6.27. The molecular weight excluding hydrogens is 585 g/mol. The minimum absolute atomic E-state index is 0.00948. The van der Waals surface area contributed by atoms with Gasteiger partial charge in [-0.3, -0.25) is 13.9 Å². The molecule has 3 aromatic carbocycles. The molecule has 3 aromatic rings. The molecule has 8 nitrogen and oxygen atoms in total. The quantitative estimate of drug-likeness (QED) is 0.259. The number of rotatable bonds is 13. The standard InChI is InChI=1S/C30H35Cl2N3O5S/c1-5-18-33-30(37)26(6-2)34(19-23-24(31)10-9-11-25(23)32)29(36)20-35(27-12-7-8-13-28(27)40-4)41(38,39)22-16-14-21(3)15-17-22/h7-17,26H,5-6,18-20H2,1-4H3,(H,33,37)/t26-/m0/s1. The molecule has 1 N–H and O–H groups in total. The lowest BCUT2D eigenvalue weighted by molar-refractivity contribution is -0.140. The van der Waals surface area contributed by atoms with E-state index in [1.165, 1.54) is 24.1 Å². The minimum Gasteiger partial charge on any atom is -0.495 e. The number of carbonyl (C=O) groups is 2. The Hall–Kier alpha value is -3.27. The van der Waals surface area contributed by atoms with Gasteiger partial charge in [-0.15, -0.1) is 0 Å². The molecule has 0 bridgehead atoms. The number of benzene rings is 3. The molecule has 0 aliphatic heterocycles. The molecule has 0 unspecified atom stereocenters. The van der Waals surface area contributed by atoms with Crippen LogP contribution in [0.5, 0.6) is 5.75 Å². The van der Waals surface area contributed by atoms with Gasteiger partial charge in [0.1, 0.15) is 18.3 Å². The van der Waals surface area contributed by atoms with E-state index in [-0.39, 0.29) is 35.2 Å². The van der Waals surface area contributed by atoms with Gasteiger partial charge < -0.3 is 15.0 Å². The molecule has 0 fully saturated rings. The van der Waals surface area contributed by atoms with Crippen LogP contribution in [0.25, 0.3) is 0 Å².